The summed E-state index contributed by atoms with van der Waals surface area (Å²) in [6.07, 6.45) is 1.56. The smallest absolute Gasteiger partial charge is 0.405 e. The number of nitrogens with zero attached hydrogens (tertiary/aromatic N) is 2. The SMILES string of the molecule is NC(=O)OCC#Cc1cncc([N+](=O)[O-])c1. The largest absolute Gasteiger partial charge is 0.437 e. The first kappa shape index (κ1) is 11.5. The summed E-state index contributed by atoms with van der Waals surface area (Å²) >= 11 is 0. The molecule has 0 bridgehead atoms. The molecule has 1 heterocycles. The Hall–Kier alpha value is -2.62. The summed E-state index contributed by atoms with van der Waals surface area (Å²) in [5, 5.41) is 10.4. The molecule has 0 aliphatic heterocycles. The number of nitrogens with two attached hydrogens (primary N) is 1. The number of ether oxygens (including phenoxy) is 1. The number of nitro groups is 1. The van der Waals surface area contributed by atoms with Gasteiger partial charge in [-0.1, -0.05) is 11.8 Å². The third-order valence-electron chi connectivity index (χ3n) is 1.45. The lowest BCUT2D eigenvalue weighted by molar-refractivity contribution is -0.385. The molecule has 0 saturated heterocycles. The summed E-state index contributed by atoms with van der Waals surface area (Å²) in [5.74, 6) is 5.01. The van der Waals surface area contributed by atoms with Gasteiger partial charge in [0.1, 0.15) is 6.20 Å². The molecule has 0 aliphatic rings. The number of aromatic nitrogens is 1. The zero-order valence-electron chi connectivity index (χ0n) is 8.04. The van der Waals surface area contributed by atoms with Crippen LogP contribution >= 0.6 is 0 Å². The number of carbonyl (C=O) groups is 1. The molecule has 1 aromatic rings. The van der Waals surface area contributed by atoms with Gasteiger partial charge in [-0.25, -0.2) is 4.79 Å². The first-order valence-corrected chi connectivity index (χ1v) is 4.10. The fraction of sp³-hybridized carbons (Fsp3) is 0.111. The molecule has 0 radical (unpaired) electrons. The lowest BCUT2D eigenvalue weighted by Gasteiger charge is -1.92. The van der Waals surface area contributed by atoms with Gasteiger partial charge in [0.2, 0.25) is 0 Å². The van der Waals surface area contributed by atoms with Gasteiger partial charge in [0.05, 0.1) is 4.92 Å². The molecule has 0 aromatic carbocycles. The minimum atomic E-state index is -0.925. The second-order valence-corrected chi connectivity index (χ2v) is 2.60. The number of primary amides is 1. The summed E-state index contributed by atoms with van der Waals surface area (Å²) in [6, 6.07) is 1.27. The van der Waals surface area contributed by atoms with Gasteiger partial charge in [0, 0.05) is 17.8 Å². The van der Waals surface area contributed by atoms with Crippen molar-refractivity contribution in [2.45, 2.75) is 0 Å². The van der Waals surface area contributed by atoms with Crippen molar-refractivity contribution in [2.75, 3.05) is 6.61 Å². The molecule has 0 unspecified atom stereocenters. The van der Waals surface area contributed by atoms with Crippen LogP contribution in [-0.2, 0) is 4.74 Å². The Morgan fingerprint density at radius 3 is 3.00 bits per heavy atom. The number of carbonyl (C=O) groups excluding carboxylic acids is 1. The molecule has 16 heavy (non-hydrogen) atoms. The molecular weight excluding hydrogens is 214 g/mol. The minimum Gasteiger partial charge on any atom is -0.437 e. The van der Waals surface area contributed by atoms with E-state index in [1.165, 1.54) is 12.3 Å². The number of rotatable bonds is 2. The summed E-state index contributed by atoms with van der Waals surface area (Å²) < 4.78 is 4.35. The maximum Gasteiger partial charge on any atom is 0.405 e. The van der Waals surface area contributed by atoms with Gasteiger partial charge >= 0.3 is 6.09 Å². The Labute approximate surface area is 90.4 Å². The van der Waals surface area contributed by atoms with Crippen LogP contribution in [0.15, 0.2) is 18.5 Å². The summed E-state index contributed by atoms with van der Waals surface area (Å²) in [4.78, 5) is 23.7. The predicted molar refractivity (Wildman–Crippen MR) is 53.3 cm³/mol. The van der Waals surface area contributed by atoms with Crippen LogP contribution in [0.2, 0.25) is 0 Å². The van der Waals surface area contributed by atoms with Crippen molar-refractivity contribution in [2.24, 2.45) is 5.73 Å². The molecule has 0 atom stereocenters. The normalized spacial score (nSPS) is 8.75. The summed E-state index contributed by atoms with van der Waals surface area (Å²) in [6.45, 7) is -0.169. The van der Waals surface area contributed by atoms with Crippen molar-refractivity contribution in [3.8, 4) is 11.8 Å². The van der Waals surface area contributed by atoms with E-state index in [9.17, 15) is 14.9 Å². The van der Waals surface area contributed by atoms with Crippen molar-refractivity contribution in [3.63, 3.8) is 0 Å². The van der Waals surface area contributed by atoms with E-state index in [1.54, 1.807) is 0 Å². The molecule has 1 rings (SSSR count). The highest BCUT2D eigenvalue weighted by Gasteiger charge is 2.04. The Kier molecular flexibility index (Phi) is 3.80. The number of hydrogen-bond acceptors (Lipinski definition) is 5. The standard InChI is InChI=1S/C9H7N3O4/c10-9(13)16-3-1-2-7-4-8(12(14)15)6-11-5-7/h4-6H,3H2,(H2,10,13). The van der Waals surface area contributed by atoms with Crippen molar-refractivity contribution in [1.29, 1.82) is 0 Å². The van der Waals surface area contributed by atoms with Crippen LogP contribution < -0.4 is 5.73 Å². The Balaban J connectivity index is 2.70. The van der Waals surface area contributed by atoms with Crippen molar-refractivity contribution < 1.29 is 14.5 Å². The van der Waals surface area contributed by atoms with E-state index in [2.05, 4.69) is 21.6 Å². The van der Waals surface area contributed by atoms with Crippen LogP contribution in [0, 0.1) is 22.0 Å². The van der Waals surface area contributed by atoms with Crippen molar-refractivity contribution in [1.82, 2.24) is 4.98 Å². The average molecular weight is 221 g/mol. The van der Waals surface area contributed by atoms with Crippen molar-refractivity contribution in [3.05, 3.63) is 34.1 Å². The van der Waals surface area contributed by atoms with Crippen LogP contribution in [0.5, 0.6) is 0 Å². The molecule has 0 saturated carbocycles. The van der Waals surface area contributed by atoms with Gasteiger partial charge in [-0.3, -0.25) is 15.1 Å². The summed E-state index contributed by atoms with van der Waals surface area (Å²) in [7, 11) is 0. The minimum absolute atomic E-state index is 0.150. The third-order valence-corrected chi connectivity index (χ3v) is 1.45. The molecule has 7 nitrogen and oxygen atoms in total. The van der Waals surface area contributed by atoms with E-state index in [1.807, 2.05) is 0 Å². The fourth-order valence-corrected chi connectivity index (χ4v) is 0.841. The first-order chi connectivity index (χ1) is 7.59. The van der Waals surface area contributed by atoms with E-state index in [-0.39, 0.29) is 12.3 Å². The van der Waals surface area contributed by atoms with Crippen LogP contribution in [0.4, 0.5) is 10.5 Å². The van der Waals surface area contributed by atoms with E-state index < -0.39 is 11.0 Å². The number of pyridine rings is 1. The van der Waals surface area contributed by atoms with Gasteiger partial charge < -0.3 is 10.5 Å². The molecule has 7 heteroatoms. The lowest BCUT2D eigenvalue weighted by Crippen LogP contribution is -2.12. The quantitative estimate of drug-likeness (QED) is 0.442. The van der Waals surface area contributed by atoms with Gasteiger partial charge in [-0.05, 0) is 0 Å². The van der Waals surface area contributed by atoms with Crippen LogP contribution in [0.1, 0.15) is 5.56 Å². The second-order valence-electron chi connectivity index (χ2n) is 2.60. The zero-order valence-corrected chi connectivity index (χ0v) is 8.04. The fourth-order valence-electron chi connectivity index (χ4n) is 0.841. The Morgan fingerprint density at radius 2 is 2.38 bits per heavy atom. The van der Waals surface area contributed by atoms with Crippen LogP contribution in [0.3, 0.4) is 0 Å². The maximum absolute atomic E-state index is 10.4. The van der Waals surface area contributed by atoms with Crippen molar-refractivity contribution >= 4 is 11.8 Å². The second kappa shape index (κ2) is 5.31. The van der Waals surface area contributed by atoms with Crippen LogP contribution in [-0.4, -0.2) is 22.6 Å². The number of amides is 1. The van der Waals surface area contributed by atoms with Crippen LogP contribution in [0.25, 0.3) is 0 Å². The molecule has 0 aliphatic carbocycles. The number of hydrogen-bond donors (Lipinski definition) is 1. The van der Waals surface area contributed by atoms with Gasteiger partial charge in [0.25, 0.3) is 5.69 Å². The highest BCUT2D eigenvalue weighted by atomic mass is 16.6. The Morgan fingerprint density at radius 1 is 1.62 bits per heavy atom. The molecule has 1 amide bonds. The predicted octanol–water partition coefficient (Wildman–Crippen LogP) is 0.437. The summed E-state index contributed by atoms with van der Waals surface area (Å²) in [5.41, 5.74) is 4.92. The molecule has 1 aromatic heterocycles. The average Bonchev–Trinajstić information content (AvgIpc) is 2.24. The van der Waals surface area contributed by atoms with E-state index in [0.29, 0.717) is 5.56 Å². The first-order valence-electron chi connectivity index (χ1n) is 4.10. The monoisotopic (exact) mass is 221 g/mol. The molecular formula is C9H7N3O4. The highest BCUT2D eigenvalue weighted by Crippen LogP contribution is 2.09. The van der Waals surface area contributed by atoms with E-state index in [4.69, 9.17) is 5.73 Å². The van der Waals surface area contributed by atoms with Gasteiger partial charge in [0.15, 0.2) is 6.61 Å². The topological polar surface area (TPSA) is 108 Å². The van der Waals surface area contributed by atoms with E-state index >= 15 is 0 Å². The molecule has 0 fully saturated rings. The third kappa shape index (κ3) is 3.63. The molecule has 82 valence electrons. The maximum atomic E-state index is 10.4. The lowest BCUT2D eigenvalue weighted by atomic mass is 10.3. The van der Waals surface area contributed by atoms with Gasteiger partial charge in [-0.15, -0.1) is 0 Å². The Bertz CT molecular complexity index is 475. The zero-order chi connectivity index (χ0) is 12.0. The van der Waals surface area contributed by atoms with Gasteiger partial charge in [-0.2, -0.15) is 0 Å². The highest BCUT2D eigenvalue weighted by molar-refractivity contribution is 5.64. The van der Waals surface area contributed by atoms with E-state index in [0.717, 1.165) is 6.20 Å². The molecule has 2 N–H and O–H groups in total. The molecule has 0 spiro atoms.